The molecule has 2 aliphatic rings. The van der Waals surface area contributed by atoms with Crippen LogP contribution in [0.1, 0.15) is 50.0 Å². The van der Waals surface area contributed by atoms with Crippen molar-refractivity contribution in [3.05, 3.63) is 48.1 Å². The van der Waals surface area contributed by atoms with Crippen molar-refractivity contribution in [2.45, 2.75) is 50.7 Å². The molecule has 0 spiro atoms. The second-order valence-electron chi connectivity index (χ2n) is 7.05. The topological polar surface area (TPSA) is 18.5 Å². The van der Waals surface area contributed by atoms with Crippen LogP contribution in [0.4, 0.5) is 8.78 Å². The van der Waals surface area contributed by atoms with E-state index in [1.165, 1.54) is 12.1 Å². The van der Waals surface area contributed by atoms with Gasteiger partial charge in [-0.25, -0.2) is 8.78 Å². The summed E-state index contributed by atoms with van der Waals surface area (Å²) in [5, 5.41) is 0. The second-order valence-corrected chi connectivity index (χ2v) is 7.05. The maximum absolute atomic E-state index is 13.4. The zero-order valence-electron chi connectivity index (χ0n) is 14.1. The molecule has 3 rings (SSSR count). The molecule has 1 aromatic carbocycles. The van der Waals surface area contributed by atoms with Crippen molar-refractivity contribution >= 4 is 0 Å². The fraction of sp³-hybridized carbons (Fsp3) is 0.600. The van der Waals surface area contributed by atoms with Crippen LogP contribution in [0.25, 0.3) is 0 Å². The molecule has 1 aliphatic heterocycles. The highest BCUT2D eigenvalue weighted by atomic mass is 19.2. The number of hydrogen-bond donors (Lipinski definition) is 0. The first kappa shape index (κ1) is 17.6. The van der Waals surface area contributed by atoms with Crippen molar-refractivity contribution in [1.82, 2.24) is 0 Å². The molecule has 0 atom stereocenters. The van der Waals surface area contributed by atoms with Gasteiger partial charge in [0, 0.05) is 11.8 Å². The van der Waals surface area contributed by atoms with Crippen LogP contribution in [0, 0.1) is 23.5 Å². The Kier molecular flexibility index (Phi) is 6.01. The molecule has 1 aliphatic carbocycles. The van der Waals surface area contributed by atoms with Gasteiger partial charge in [0.05, 0.1) is 13.2 Å². The molecule has 1 aromatic rings. The Morgan fingerprint density at radius 3 is 2.38 bits per heavy atom. The average molecular weight is 336 g/mol. The van der Waals surface area contributed by atoms with Crippen LogP contribution < -0.4 is 0 Å². The Bertz CT molecular complexity index is 545. The number of halogens is 2. The summed E-state index contributed by atoms with van der Waals surface area (Å²) in [5.74, 6) is -0.341. The van der Waals surface area contributed by atoms with E-state index in [1.807, 2.05) is 6.08 Å². The molecule has 4 heteroatoms. The average Bonchev–Trinajstić information content (AvgIpc) is 2.63. The number of allylic oxidation sites excluding steroid dienone is 1. The molecule has 132 valence electrons. The van der Waals surface area contributed by atoms with Gasteiger partial charge in [0.1, 0.15) is 0 Å². The summed E-state index contributed by atoms with van der Waals surface area (Å²) >= 11 is 0. The highest BCUT2D eigenvalue weighted by molar-refractivity contribution is 5.22. The third-order valence-corrected chi connectivity index (χ3v) is 5.34. The lowest BCUT2D eigenvalue weighted by Crippen LogP contribution is -2.38. The first-order chi connectivity index (χ1) is 11.7. The van der Waals surface area contributed by atoms with Gasteiger partial charge in [-0.15, -0.1) is 6.58 Å². The Morgan fingerprint density at radius 2 is 1.75 bits per heavy atom. The molecule has 1 saturated carbocycles. The summed E-state index contributed by atoms with van der Waals surface area (Å²) in [4.78, 5) is 0. The van der Waals surface area contributed by atoms with Gasteiger partial charge in [0.15, 0.2) is 17.9 Å². The van der Waals surface area contributed by atoms with Gasteiger partial charge >= 0.3 is 0 Å². The summed E-state index contributed by atoms with van der Waals surface area (Å²) in [7, 11) is 0. The van der Waals surface area contributed by atoms with Crippen molar-refractivity contribution in [2.24, 2.45) is 11.8 Å². The van der Waals surface area contributed by atoms with E-state index in [2.05, 4.69) is 6.58 Å². The largest absolute Gasteiger partial charge is 0.352 e. The molecule has 1 heterocycles. The van der Waals surface area contributed by atoms with Crippen LogP contribution in [0.2, 0.25) is 0 Å². The molecule has 2 fully saturated rings. The Balaban J connectivity index is 1.47. The number of hydrogen-bond acceptors (Lipinski definition) is 2. The number of ether oxygens (including phenoxy) is 2. The van der Waals surface area contributed by atoms with Crippen LogP contribution in [-0.4, -0.2) is 19.5 Å². The van der Waals surface area contributed by atoms with E-state index in [4.69, 9.17) is 9.47 Å². The first-order valence-electron chi connectivity index (χ1n) is 8.96. The van der Waals surface area contributed by atoms with E-state index in [1.54, 1.807) is 6.07 Å². The monoisotopic (exact) mass is 336 g/mol. The van der Waals surface area contributed by atoms with Crippen molar-refractivity contribution in [2.75, 3.05) is 13.2 Å². The van der Waals surface area contributed by atoms with Crippen molar-refractivity contribution in [3.63, 3.8) is 0 Å². The number of benzene rings is 1. The summed E-state index contributed by atoms with van der Waals surface area (Å²) in [6.07, 6.45) is 7.86. The predicted octanol–water partition coefficient (Wildman–Crippen LogP) is 5.19. The van der Waals surface area contributed by atoms with Crippen LogP contribution in [0.5, 0.6) is 0 Å². The first-order valence-corrected chi connectivity index (χ1v) is 8.96. The Hall–Kier alpha value is -1.26. The summed E-state index contributed by atoms with van der Waals surface area (Å²) in [6.45, 7) is 5.28. The minimum absolute atomic E-state index is 0.101. The van der Waals surface area contributed by atoms with Gasteiger partial charge in [-0.1, -0.05) is 12.1 Å². The Labute approximate surface area is 142 Å². The zero-order valence-corrected chi connectivity index (χ0v) is 14.1. The van der Waals surface area contributed by atoms with Crippen molar-refractivity contribution in [3.8, 4) is 0 Å². The lowest BCUT2D eigenvalue weighted by molar-refractivity contribution is -0.229. The van der Waals surface area contributed by atoms with Gasteiger partial charge in [-0.2, -0.15) is 0 Å². The van der Waals surface area contributed by atoms with Crippen LogP contribution in [-0.2, 0) is 9.47 Å². The van der Waals surface area contributed by atoms with Crippen molar-refractivity contribution < 1.29 is 18.3 Å². The quantitative estimate of drug-likeness (QED) is 0.689. The zero-order chi connectivity index (χ0) is 16.9. The third kappa shape index (κ3) is 4.22. The van der Waals surface area contributed by atoms with E-state index >= 15 is 0 Å². The number of rotatable bonds is 5. The molecule has 0 amide bonds. The van der Waals surface area contributed by atoms with Gasteiger partial charge in [0.25, 0.3) is 0 Å². The third-order valence-electron chi connectivity index (χ3n) is 5.34. The molecule has 0 aromatic heterocycles. The predicted molar refractivity (Wildman–Crippen MR) is 89.7 cm³/mol. The van der Waals surface area contributed by atoms with Crippen LogP contribution >= 0.6 is 0 Å². The van der Waals surface area contributed by atoms with Gasteiger partial charge < -0.3 is 9.47 Å². The molecule has 2 nitrogen and oxygen atoms in total. The SMILES string of the molecule is C=CCC[C@H]1CO[C@H]([C@H]2CC[C@H](c3ccc(F)c(F)c3)CC2)OC1. The molecule has 0 bridgehead atoms. The standard InChI is InChI=1S/C20H26F2O2/c1-2-3-4-14-12-23-20(24-13-14)16-7-5-15(6-8-16)17-9-10-18(21)19(22)11-17/h2,9-11,14-16,20H,1,3-8,12-13H2/t14-,15-,16-,20-. The summed E-state index contributed by atoms with van der Waals surface area (Å²) in [5.41, 5.74) is 0.905. The molecule has 0 unspecified atom stereocenters. The van der Waals surface area contributed by atoms with Gasteiger partial charge in [-0.3, -0.25) is 0 Å². The molecular weight excluding hydrogens is 310 g/mol. The minimum atomic E-state index is -0.776. The molecule has 1 saturated heterocycles. The fourth-order valence-electron chi connectivity index (χ4n) is 3.84. The lowest BCUT2D eigenvalue weighted by atomic mass is 9.78. The highest BCUT2D eigenvalue weighted by Crippen LogP contribution is 2.39. The van der Waals surface area contributed by atoms with E-state index in [-0.39, 0.29) is 6.29 Å². The smallest absolute Gasteiger partial charge is 0.160 e. The Morgan fingerprint density at radius 1 is 1.04 bits per heavy atom. The van der Waals surface area contributed by atoms with Crippen LogP contribution in [0.3, 0.4) is 0 Å². The minimum Gasteiger partial charge on any atom is -0.352 e. The van der Waals surface area contributed by atoms with E-state index in [0.29, 0.717) is 17.8 Å². The molecule has 0 N–H and O–H groups in total. The maximum Gasteiger partial charge on any atom is 0.160 e. The maximum atomic E-state index is 13.4. The van der Waals surface area contributed by atoms with E-state index < -0.39 is 11.6 Å². The molecule has 24 heavy (non-hydrogen) atoms. The lowest BCUT2D eigenvalue weighted by Gasteiger charge is -2.37. The molecular formula is C20H26F2O2. The van der Waals surface area contributed by atoms with E-state index in [0.717, 1.165) is 57.3 Å². The highest BCUT2D eigenvalue weighted by Gasteiger charge is 2.32. The van der Waals surface area contributed by atoms with E-state index in [9.17, 15) is 8.78 Å². The van der Waals surface area contributed by atoms with Crippen LogP contribution in [0.15, 0.2) is 30.9 Å². The normalized spacial score (nSPS) is 30.9. The second kappa shape index (κ2) is 8.21. The summed E-state index contributed by atoms with van der Waals surface area (Å²) in [6, 6.07) is 4.28. The molecule has 0 radical (unpaired) electrons. The summed E-state index contributed by atoms with van der Waals surface area (Å²) < 4.78 is 38.3. The van der Waals surface area contributed by atoms with Gasteiger partial charge in [-0.05, 0) is 62.1 Å². The van der Waals surface area contributed by atoms with Crippen molar-refractivity contribution in [1.29, 1.82) is 0 Å². The fourth-order valence-corrected chi connectivity index (χ4v) is 3.84. The van der Waals surface area contributed by atoms with Gasteiger partial charge in [0.2, 0.25) is 0 Å².